The van der Waals surface area contributed by atoms with Gasteiger partial charge in [-0.3, -0.25) is 5.14 Å². The Balaban J connectivity index is 2.28. The van der Waals surface area contributed by atoms with E-state index in [-0.39, 0.29) is 6.10 Å². The van der Waals surface area contributed by atoms with Crippen LogP contribution in [0.5, 0.6) is 0 Å². The molecule has 0 heterocycles. The fourth-order valence-corrected chi connectivity index (χ4v) is 1.43. The summed E-state index contributed by atoms with van der Waals surface area (Å²) in [7, 11) is 0. The molecule has 0 aromatic carbocycles. The van der Waals surface area contributed by atoms with E-state index in [0.717, 1.165) is 11.3 Å². The van der Waals surface area contributed by atoms with Gasteiger partial charge in [0.15, 0.2) is 0 Å². The van der Waals surface area contributed by atoms with Gasteiger partial charge in [0.25, 0.3) is 0 Å². The van der Waals surface area contributed by atoms with Gasteiger partial charge < -0.3 is 4.74 Å². The van der Waals surface area contributed by atoms with Gasteiger partial charge in [0.05, 0.1) is 12.7 Å². The highest BCUT2D eigenvalue weighted by molar-refractivity contribution is 8.01. The molecule has 1 aliphatic rings. The fraction of sp³-hybridized carbons (Fsp3) is 0.500. The number of halogens is 1. The maximum absolute atomic E-state index is 5.49. The molecule has 0 aromatic heterocycles. The Labute approximate surface area is 81.9 Å². The summed E-state index contributed by atoms with van der Waals surface area (Å²) >= 11 is 6.75. The molecule has 0 bridgehead atoms. The first-order valence-electron chi connectivity index (χ1n) is 3.79. The summed E-state index contributed by atoms with van der Waals surface area (Å²) in [5.74, 6) is 0.548. The maximum Gasteiger partial charge on any atom is 0.0794 e. The molecule has 0 amide bonds. The first-order valence-corrected chi connectivity index (χ1v) is 5.21. The zero-order valence-corrected chi connectivity index (χ0v) is 8.27. The summed E-state index contributed by atoms with van der Waals surface area (Å²) in [4.78, 5) is 1.10. The van der Waals surface area contributed by atoms with Crippen LogP contribution in [0.15, 0.2) is 23.1 Å². The van der Waals surface area contributed by atoms with E-state index in [0.29, 0.717) is 12.5 Å². The fourth-order valence-electron chi connectivity index (χ4n) is 0.988. The quantitative estimate of drug-likeness (QED) is 0.564. The second-order valence-electron chi connectivity index (χ2n) is 2.42. The molecule has 0 radical (unpaired) electrons. The van der Waals surface area contributed by atoms with Crippen LogP contribution in [-0.4, -0.2) is 18.6 Å². The lowest BCUT2D eigenvalue weighted by Gasteiger charge is -2.15. The number of ether oxygens (including phenoxy) is 1. The zero-order chi connectivity index (χ0) is 8.81. The van der Waals surface area contributed by atoms with Gasteiger partial charge in [0.2, 0.25) is 0 Å². The third-order valence-corrected chi connectivity index (χ3v) is 2.30. The number of nitrogens with two attached hydrogens (primary N) is 1. The van der Waals surface area contributed by atoms with Crippen molar-refractivity contribution in [3.63, 3.8) is 0 Å². The second kappa shape index (κ2) is 5.65. The summed E-state index contributed by atoms with van der Waals surface area (Å²) in [6.45, 7) is 0.607. The van der Waals surface area contributed by atoms with E-state index in [4.69, 9.17) is 21.5 Å². The smallest absolute Gasteiger partial charge is 0.0794 e. The van der Waals surface area contributed by atoms with Crippen LogP contribution in [0.2, 0.25) is 0 Å². The Hall–Kier alpha value is 0.0400. The molecule has 0 fully saturated rings. The molecule has 0 aromatic rings. The predicted octanol–water partition coefficient (Wildman–Crippen LogP) is 2.06. The van der Waals surface area contributed by atoms with E-state index < -0.39 is 0 Å². The number of rotatable bonds is 4. The first kappa shape index (κ1) is 10.1. The van der Waals surface area contributed by atoms with Crippen LogP contribution in [0, 0.1) is 0 Å². The third kappa shape index (κ3) is 3.19. The minimum atomic E-state index is 0.180. The molecule has 4 heteroatoms. The van der Waals surface area contributed by atoms with Crippen molar-refractivity contribution in [2.24, 2.45) is 5.14 Å². The second-order valence-corrected chi connectivity index (χ2v) is 3.50. The lowest BCUT2D eigenvalue weighted by atomic mass is 10.1. The Bertz CT molecular complexity index is 193. The van der Waals surface area contributed by atoms with Gasteiger partial charge in [-0.1, -0.05) is 12.2 Å². The average Bonchev–Trinajstić information content (AvgIpc) is 2.15. The first-order chi connectivity index (χ1) is 5.86. The summed E-state index contributed by atoms with van der Waals surface area (Å²) in [6.07, 6.45) is 7.14. The van der Waals surface area contributed by atoms with Gasteiger partial charge in [-0.15, -0.1) is 11.6 Å². The Morgan fingerprint density at radius 2 is 2.58 bits per heavy atom. The van der Waals surface area contributed by atoms with Gasteiger partial charge in [-0.25, -0.2) is 0 Å². The molecule has 1 atom stereocenters. The topological polar surface area (TPSA) is 35.2 Å². The number of hydrogen-bond donors (Lipinski definition) is 1. The molecule has 0 saturated carbocycles. The van der Waals surface area contributed by atoms with Crippen LogP contribution >= 0.6 is 23.5 Å². The minimum Gasteiger partial charge on any atom is -0.373 e. The zero-order valence-electron chi connectivity index (χ0n) is 6.70. The average molecular weight is 206 g/mol. The summed E-state index contributed by atoms with van der Waals surface area (Å²) in [5, 5.41) is 5.38. The van der Waals surface area contributed by atoms with Gasteiger partial charge in [0.1, 0.15) is 0 Å². The van der Waals surface area contributed by atoms with Crippen molar-refractivity contribution in [2.75, 3.05) is 12.5 Å². The molecule has 2 nitrogen and oxygen atoms in total. The van der Waals surface area contributed by atoms with Crippen LogP contribution < -0.4 is 5.14 Å². The Morgan fingerprint density at radius 3 is 3.08 bits per heavy atom. The molecule has 68 valence electrons. The molecular formula is C8H12ClNOS. The molecule has 2 N–H and O–H groups in total. The highest BCUT2D eigenvalue weighted by Crippen LogP contribution is 2.18. The van der Waals surface area contributed by atoms with Crippen molar-refractivity contribution >= 4 is 23.5 Å². The Morgan fingerprint density at radius 1 is 1.75 bits per heavy atom. The largest absolute Gasteiger partial charge is 0.373 e. The van der Waals surface area contributed by atoms with Crippen molar-refractivity contribution < 1.29 is 4.74 Å². The summed E-state index contributed by atoms with van der Waals surface area (Å²) in [6, 6.07) is 0. The Kier molecular flexibility index (Phi) is 4.76. The lowest BCUT2D eigenvalue weighted by molar-refractivity contribution is 0.0992. The molecule has 0 spiro atoms. The normalized spacial score (nSPS) is 22.5. The van der Waals surface area contributed by atoms with Crippen LogP contribution in [0.4, 0.5) is 0 Å². The van der Waals surface area contributed by atoms with Crippen molar-refractivity contribution in [1.82, 2.24) is 0 Å². The van der Waals surface area contributed by atoms with E-state index in [2.05, 4.69) is 6.08 Å². The van der Waals surface area contributed by atoms with Crippen molar-refractivity contribution in [1.29, 1.82) is 0 Å². The van der Waals surface area contributed by atoms with Crippen LogP contribution in [-0.2, 0) is 4.74 Å². The molecule has 12 heavy (non-hydrogen) atoms. The van der Waals surface area contributed by atoms with Crippen LogP contribution in [0.25, 0.3) is 0 Å². The van der Waals surface area contributed by atoms with E-state index in [9.17, 15) is 0 Å². The van der Waals surface area contributed by atoms with Crippen LogP contribution in [0.1, 0.15) is 6.42 Å². The van der Waals surface area contributed by atoms with E-state index in [1.165, 1.54) is 11.9 Å². The van der Waals surface area contributed by atoms with Gasteiger partial charge in [-0.2, -0.15) is 0 Å². The molecular weight excluding hydrogens is 194 g/mol. The standard InChI is InChI=1S/C8H12ClNOS/c9-5-6-11-7-1-3-8(12-10)4-2-7/h1,3-4,7H,2,5-6,10H2. The predicted molar refractivity (Wildman–Crippen MR) is 54.1 cm³/mol. The monoisotopic (exact) mass is 205 g/mol. The van der Waals surface area contributed by atoms with Crippen LogP contribution in [0.3, 0.4) is 0 Å². The maximum atomic E-state index is 5.49. The lowest BCUT2D eigenvalue weighted by Crippen LogP contribution is -2.12. The SMILES string of the molecule is NSC1=CCC(OCCCl)C=C1. The van der Waals surface area contributed by atoms with Crippen molar-refractivity contribution in [2.45, 2.75) is 12.5 Å². The molecule has 1 aliphatic carbocycles. The number of alkyl halides is 1. The van der Waals surface area contributed by atoms with E-state index >= 15 is 0 Å². The molecule has 1 unspecified atom stereocenters. The van der Waals surface area contributed by atoms with Crippen molar-refractivity contribution in [3.8, 4) is 0 Å². The highest BCUT2D eigenvalue weighted by atomic mass is 35.5. The van der Waals surface area contributed by atoms with Crippen molar-refractivity contribution in [3.05, 3.63) is 23.1 Å². The van der Waals surface area contributed by atoms with E-state index in [1.807, 2.05) is 12.2 Å². The van der Waals surface area contributed by atoms with Gasteiger partial charge in [-0.05, 0) is 24.4 Å². The minimum absolute atomic E-state index is 0.180. The summed E-state index contributed by atoms with van der Waals surface area (Å²) in [5.41, 5.74) is 0. The molecule has 0 aliphatic heterocycles. The summed E-state index contributed by atoms with van der Waals surface area (Å²) < 4.78 is 5.41. The third-order valence-electron chi connectivity index (χ3n) is 1.57. The van der Waals surface area contributed by atoms with E-state index in [1.54, 1.807) is 0 Å². The van der Waals surface area contributed by atoms with Gasteiger partial charge in [0, 0.05) is 10.8 Å². The highest BCUT2D eigenvalue weighted by Gasteiger charge is 2.07. The number of hydrogen-bond acceptors (Lipinski definition) is 3. The van der Waals surface area contributed by atoms with Gasteiger partial charge >= 0.3 is 0 Å². The molecule has 0 saturated heterocycles. The number of allylic oxidation sites excluding steroid dienone is 1. The molecule has 1 rings (SSSR count).